The molecule has 0 spiro atoms. The molecule has 24 heavy (non-hydrogen) atoms. The Balaban J connectivity index is 1.80. The summed E-state index contributed by atoms with van der Waals surface area (Å²) in [5.41, 5.74) is 4.37. The summed E-state index contributed by atoms with van der Waals surface area (Å²) in [6, 6.07) is 7.71. The zero-order valence-corrected chi connectivity index (χ0v) is 14.0. The fourth-order valence-electron chi connectivity index (χ4n) is 3.04. The normalized spacial score (nSPS) is 11.0. The van der Waals surface area contributed by atoms with Crippen molar-refractivity contribution in [2.45, 2.75) is 33.7 Å². The van der Waals surface area contributed by atoms with Crippen molar-refractivity contribution in [2.75, 3.05) is 0 Å². The van der Waals surface area contributed by atoms with E-state index in [2.05, 4.69) is 20.3 Å². The Bertz CT molecular complexity index is 887. The molecule has 6 nitrogen and oxygen atoms in total. The van der Waals surface area contributed by atoms with E-state index in [1.165, 1.54) is 6.92 Å². The predicted molar refractivity (Wildman–Crippen MR) is 92.2 cm³/mol. The first kappa shape index (κ1) is 16.0. The van der Waals surface area contributed by atoms with Crippen LogP contribution >= 0.6 is 0 Å². The van der Waals surface area contributed by atoms with Gasteiger partial charge in [-0.3, -0.25) is 9.59 Å². The summed E-state index contributed by atoms with van der Waals surface area (Å²) < 4.78 is 0. The van der Waals surface area contributed by atoms with Crippen LogP contribution in [0.3, 0.4) is 0 Å². The average molecular weight is 324 g/mol. The maximum absolute atomic E-state index is 12.5. The van der Waals surface area contributed by atoms with Gasteiger partial charge in [0, 0.05) is 11.3 Å². The number of aromatic amines is 2. The van der Waals surface area contributed by atoms with Crippen molar-refractivity contribution in [1.82, 2.24) is 20.3 Å². The molecule has 0 bridgehead atoms. The molecule has 0 unspecified atom stereocenters. The Morgan fingerprint density at radius 2 is 1.96 bits per heavy atom. The summed E-state index contributed by atoms with van der Waals surface area (Å²) in [6.45, 7) is 5.56. The highest BCUT2D eigenvalue weighted by molar-refractivity contribution is 6.02. The van der Waals surface area contributed by atoms with Gasteiger partial charge in [-0.25, -0.2) is 4.98 Å². The van der Waals surface area contributed by atoms with Crippen molar-refractivity contribution in [2.24, 2.45) is 0 Å². The first-order valence-corrected chi connectivity index (χ1v) is 7.95. The first-order valence-electron chi connectivity index (χ1n) is 7.95. The second-order valence-electron chi connectivity index (χ2n) is 5.77. The number of carbonyl (C=O) groups excluding carboxylic acids is 2. The van der Waals surface area contributed by atoms with E-state index in [9.17, 15) is 9.59 Å². The molecule has 0 aliphatic heterocycles. The number of nitrogens with one attached hydrogen (secondary N) is 3. The van der Waals surface area contributed by atoms with E-state index in [0.29, 0.717) is 30.0 Å². The number of Topliss-reactive ketones (excluding diaryl/α,β-unsaturated/α-hetero) is 1. The van der Waals surface area contributed by atoms with Gasteiger partial charge in [-0.1, -0.05) is 19.1 Å². The third-order valence-corrected chi connectivity index (χ3v) is 4.08. The zero-order chi connectivity index (χ0) is 17.3. The fourth-order valence-corrected chi connectivity index (χ4v) is 3.04. The van der Waals surface area contributed by atoms with Crippen LogP contribution in [0.1, 0.15) is 51.8 Å². The van der Waals surface area contributed by atoms with Gasteiger partial charge < -0.3 is 15.3 Å². The third kappa shape index (κ3) is 2.82. The summed E-state index contributed by atoms with van der Waals surface area (Å²) in [5, 5.41) is 2.86. The number of carbonyl (C=O) groups is 2. The Labute approximate surface area is 139 Å². The van der Waals surface area contributed by atoms with E-state index < -0.39 is 0 Å². The number of ketones is 1. The van der Waals surface area contributed by atoms with Gasteiger partial charge >= 0.3 is 0 Å². The molecule has 3 N–H and O–H groups in total. The lowest BCUT2D eigenvalue weighted by atomic mass is 10.0. The number of hydrogen-bond donors (Lipinski definition) is 3. The number of imidazole rings is 1. The summed E-state index contributed by atoms with van der Waals surface area (Å²) in [6.07, 6.45) is 0.618. The van der Waals surface area contributed by atoms with E-state index in [-0.39, 0.29) is 11.7 Å². The van der Waals surface area contributed by atoms with Crippen LogP contribution < -0.4 is 5.32 Å². The number of para-hydroxylation sites is 2. The van der Waals surface area contributed by atoms with Gasteiger partial charge in [0.15, 0.2) is 5.78 Å². The third-order valence-electron chi connectivity index (χ3n) is 4.08. The van der Waals surface area contributed by atoms with Crippen LogP contribution in [0.4, 0.5) is 0 Å². The van der Waals surface area contributed by atoms with Crippen LogP contribution in [0.5, 0.6) is 0 Å². The molecule has 6 heteroatoms. The summed E-state index contributed by atoms with van der Waals surface area (Å²) in [4.78, 5) is 35.0. The minimum Gasteiger partial charge on any atom is -0.354 e. The Kier molecular flexibility index (Phi) is 4.20. The lowest BCUT2D eigenvalue weighted by Crippen LogP contribution is -2.25. The van der Waals surface area contributed by atoms with Gasteiger partial charge in [-0.2, -0.15) is 0 Å². The topological polar surface area (TPSA) is 90.6 Å². The monoisotopic (exact) mass is 324 g/mol. The molecule has 3 aromatic rings. The fraction of sp³-hybridized carbons (Fsp3) is 0.278. The molecule has 0 aliphatic carbocycles. The van der Waals surface area contributed by atoms with E-state index in [0.717, 1.165) is 22.3 Å². The first-order chi connectivity index (χ1) is 11.5. The molecule has 0 aliphatic rings. The molecular weight excluding hydrogens is 304 g/mol. The quantitative estimate of drug-likeness (QED) is 0.630. The lowest BCUT2D eigenvalue weighted by Gasteiger charge is -2.04. The molecule has 0 radical (unpaired) electrons. The van der Waals surface area contributed by atoms with Crippen molar-refractivity contribution < 1.29 is 9.59 Å². The van der Waals surface area contributed by atoms with Crippen LogP contribution in [0, 0.1) is 6.92 Å². The Hall–Kier alpha value is -2.89. The summed E-state index contributed by atoms with van der Waals surface area (Å²) in [7, 11) is 0. The number of H-pyrrole nitrogens is 2. The van der Waals surface area contributed by atoms with Crippen LogP contribution in [0.25, 0.3) is 11.0 Å². The molecule has 3 rings (SSSR count). The van der Waals surface area contributed by atoms with Crippen molar-refractivity contribution in [3.63, 3.8) is 0 Å². The van der Waals surface area contributed by atoms with Gasteiger partial charge in [0.05, 0.1) is 17.6 Å². The maximum Gasteiger partial charge on any atom is 0.268 e. The predicted octanol–water partition coefficient (Wildman–Crippen LogP) is 2.89. The number of hydrogen-bond acceptors (Lipinski definition) is 3. The number of fused-ring (bicyclic) bond motifs is 1. The van der Waals surface area contributed by atoms with Gasteiger partial charge in [-0.05, 0) is 38.0 Å². The highest BCUT2D eigenvalue weighted by Crippen LogP contribution is 2.20. The molecular formula is C18H20N4O2. The highest BCUT2D eigenvalue weighted by atomic mass is 16.2. The maximum atomic E-state index is 12.5. The van der Waals surface area contributed by atoms with E-state index in [1.807, 2.05) is 38.1 Å². The molecule has 2 aromatic heterocycles. The number of amides is 1. The van der Waals surface area contributed by atoms with Gasteiger partial charge in [0.2, 0.25) is 0 Å². The standard InChI is InChI=1S/C18H20N4O2/c1-4-12-16(11(3)23)10(2)20-17(12)18(24)19-9-15-21-13-7-5-6-8-14(13)22-15/h5-8,20H,4,9H2,1-3H3,(H,19,24)(H,21,22). The van der Waals surface area contributed by atoms with Gasteiger partial charge in [-0.15, -0.1) is 0 Å². The minimum atomic E-state index is -0.233. The Morgan fingerprint density at radius 3 is 2.62 bits per heavy atom. The number of aromatic nitrogens is 3. The van der Waals surface area contributed by atoms with Crippen molar-refractivity contribution in [1.29, 1.82) is 0 Å². The Morgan fingerprint density at radius 1 is 1.21 bits per heavy atom. The second-order valence-corrected chi connectivity index (χ2v) is 5.77. The van der Waals surface area contributed by atoms with Crippen LogP contribution in [0.15, 0.2) is 24.3 Å². The van der Waals surface area contributed by atoms with Crippen LogP contribution in [-0.4, -0.2) is 26.6 Å². The lowest BCUT2D eigenvalue weighted by molar-refractivity contribution is 0.0944. The van der Waals surface area contributed by atoms with E-state index in [1.54, 1.807) is 0 Å². The van der Waals surface area contributed by atoms with E-state index >= 15 is 0 Å². The number of nitrogens with zero attached hydrogens (tertiary/aromatic N) is 1. The van der Waals surface area contributed by atoms with Gasteiger partial charge in [0.1, 0.15) is 11.5 Å². The number of aryl methyl sites for hydroxylation is 1. The van der Waals surface area contributed by atoms with Crippen LogP contribution in [0.2, 0.25) is 0 Å². The largest absolute Gasteiger partial charge is 0.354 e. The van der Waals surface area contributed by atoms with Gasteiger partial charge in [0.25, 0.3) is 5.91 Å². The van der Waals surface area contributed by atoms with Crippen LogP contribution in [-0.2, 0) is 13.0 Å². The SMILES string of the molecule is CCc1c(C(=O)NCc2nc3ccccc3[nH]2)[nH]c(C)c1C(C)=O. The molecule has 0 atom stereocenters. The zero-order valence-electron chi connectivity index (χ0n) is 14.0. The smallest absolute Gasteiger partial charge is 0.268 e. The molecule has 0 fully saturated rings. The molecule has 1 aromatic carbocycles. The average Bonchev–Trinajstić information content (AvgIpc) is 3.12. The molecule has 1 amide bonds. The molecule has 0 saturated heterocycles. The summed E-state index contributed by atoms with van der Waals surface area (Å²) in [5.74, 6) is 0.428. The number of rotatable bonds is 5. The van der Waals surface area contributed by atoms with Crippen molar-refractivity contribution in [3.05, 3.63) is 52.6 Å². The number of benzene rings is 1. The molecule has 0 saturated carbocycles. The van der Waals surface area contributed by atoms with E-state index in [4.69, 9.17) is 0 Å². The van der Waals surface area contributed by atoms with Crippen molar-refractivity contribution in [3.8, 4) is 0 Å². The second kappa shape index (κ2) is 6.31. The molecule has 2 heterocycles. The molecule has 124 valence electrons. The highest BCUT2D eigenvalue weighted by Gasteiger charge is 2.21. The summed E-state index contributed by atoms with van der Waals surface area (Å²) >= 11 is 0. The minimum absolute atomic E-state index is 0.0306. The van der Waals surface area contributed by atoms with Crippen molar-refractivity contribution >= 4 is 22.7 Å².